The summed E-state index contributed by atoms with van der Waals surface area (Å²) in [7, 11) is -3.57. The summed E-state index contributed by atoms with van der Waals surface area (Å²) in [4.78, 5) is 4.59. The summed E-state index contributed by atoms with van der Waals surface area (Å²) >= 11 is 5.84. The van der Waals surface area contributed by atoms with Gasteiger partial charge in [-0.05, 0) is 81.7 Å². The fourth-order valence-corrected chi connectivity index (χ4v) is 5.80. The first-order valence-electron chi connectivity index (χ1n) is 9.55. The van der Waals surface area contributed by atoms with Crippen molar-refractivity contribution in [1.82, 2.24) is 9.71 Å². The number of hydrogen-bond donors (Lipinski definition) is 1. The Morgan fingerprint density at radius 2 is 1.64 bits per heavy atom. The van der Waals surface area contributed by atoms with Crippen LogP contribution in [0.1, 0.15) is 47.9 Å². The number of nitrogens with one attached hydrogen (secondary N) is 1. The van der Waals surface area contributed by atoms with E-state index in [4.69, 9.17) is 16.3 Å². The molecule has 1 aliphatic carbocycles. The average molecular weight is 423 g/mol. The highest BCUT2D eigenvalue weighted by Crippen LogP contribution is 2.28. The third-order valence-corrected chi connectivity index (χ3v) is 7.57. The van der Waals surface area contributed by atoms with E-state index in [0.717, 1.165) is 47.9 Å². The van der Waals surface area contributed by atoms with Crippen LogP contribution >= 0.6 is 11.6 Å². The first-order chi connectivity index (χ1) is 13.2. The van der Waals surface area contributed by atoms with Crippen LogP contribution in [0.2, 0.25) is 5.02 Å². The number of ether oxygens (including phenoxy) is 1. The van der Waals surface area contributed by atoms with Gasteiger partial charge < -0.3 is 4.74 Å². The van der Waals surface area contributed by atoms with Crippen LogP contribution in [0.15, 0.2) is 29.3 Å². The van der Waals surface area contributed by atoms with Gasteiger partial charge in [0, 0.05) is 18.3 Å². The second-order valence-electron chi connectivity index (χ2n) is 7.62. The molecule has 1 aromatic carbocycles. The molecule has 0 aliphatic heterocycles. The van der Waals surface area contributed by atoms with Crippen molar-refractivity contribution in [2.24, 2.45) is 0 Å². The molecule has 3 rings (SSSR count). The summed E-state index contributed by atoms with van der Waals surface area (Å²) < 4.78 is 35.0. The van der Waals surface area contributed by atoms with Gasteiger partial charge in [0.25, 0.3) is 0 Å². The van der Waals surface area contributed by atoms with Gasteiger partial charge in [0.1, 0.15) is 6.10 Å². The maximum absolute atomic E-state index is 13.1. The number of hydrogen-bond acceptors (Lipinski definition) is 4. The van der Waals surface area contributed by atoms with Crippen molar-refractivity contribution in [1.29, 1.82) is 0 Å². The highest BCUT2D eigenvalue weighted by Gasteiger charge is 2.29. The van der Waals surface area contributed by atoms with E-state index >= 15 is 0 Å². The number of rotatable bonds is 5. The van der Waals surface area contributed by atoms with Gasteiger partial charge in [-0.2, -0.15) is 0 Å². The lowest BCUT2D eigenvalue weighted by Gasteiger charge is -2.29. The van der Waals surface area contributed by atoms with Gasteiger partial charge in [-0.3, -0.25) is 0 Å². The van der Waals surface area contributed by atoms with E-state index in [1.54, 1.807) is 18.3 Å². The van der Waals surface area contributed by atoms with Crippen LogP contribution in [0.25, 0.3) is 0 Å². The third-order valence-electron chi connectivity index (χ3n) is 5.55. The number of sulfonamides is 1. The number of nitrogens with zero attached hydrogens (tertiary/aromatic N) is 1. The summed E-state index contributed by atoms with van der Waals surface area (Å²) in [6.07, 6.45) is 4.63. The van der Waals surface area contributed by atoms with E-state index in [0.29, 0.717) is 15.8 Å². The predicted octanol–water partition coefficient (Wildman–Crippen LogP) is 4.64. The molecule has 1 heterocycles. The Hall–Kier alpha value is -1.63. The van der Waals surface area contributed by atoms with Gasteiger partial charge >= 0.3 is 0 Å². The summed E-state index contributed by atoms with van der Waals surface area (Å²) in [6, 6.07) is 5.46. The van der Waals surface area contributed by atoms with Gasteiger partial charge in [-0.25, -0.2) is 18.1 Å². The van der Waals surface area contributed by atoms with Crippen molar-refractivity contribution >= 4 is 21.6 Å². The van der Waals surface area contributed by atoms with Crippen LogP contribution in [0, 0.1) is 27.7 Å². The molecule has 0 bridgehead atoms. The van der Waals surface area contributed by atoms with Crippen LogP contribution < -0.4 is 9.46 Å². The molecule has 0 atom stereocenters. The molecule has 152 valence electrons. The molecule has 7 heteroatoms. The van der Waals surface area contributed by atoms with E-state index in [9.17, 15) is 8.42 Å². The fourth-order valence-electron chi connectivity index (χ4n) is 3.76. The molecule has 1 aliphatic rings. The quantitative estimate of drug-likeness (QED) is 0.762. The molecule has 1 fully saturated rings. The van der Waals surface area contributed by atoms with Crippen molar-refractivity contribution in [2.75, 3.05) is 0 Å². The molecule has 2 aromatic rings. The van der Waals surface area contributed by atoms with Crippen molar-refractivity contribution < 1.29 is 13.2 Å². The fraction of sp³-hybridized carbons (Fsp3) is 0.476. The molecule has 1 N–H and O–H groups in total. The summed E-state index contributed by atoms with van der Waals surface area (Å²) in [5.41, 5.74) is 3.63. The molecule has 0 radical (unpaired) electrons. The zero-order valence-corrected chi connectivity index (χ0v) is 18.3. The first-order valence-corrected chi connectivity index (χ1v) is 11.4. The Kier molecular flexibility index (Phi) is 6.32. The van der Waals surface area contributed by atoms with Crippen LogP contribution in [-0.2, 0) is 10.0 Å². The molecular formula is C21H27ClN2O3S. The number of benzene rings is 1. The van der Waals surface area contributed by atoms with Crippen LogP contribution in [-0.4, -0.2) is 25.5 Å². The smallest absolute Gasteiger partial charge is 0.241 e. The Bertz CT molecular complexity index is 924. The third kappa shape index (κ3) is 4.67. The van der Waals surface area contributed by atoms with Crippen molar-refractivity contribution in [3.05, 3.63) is 51.7 Å². The topological polar surface area (TPSA) is 68.3 Å². The Morgan fingerprint density at radius 1 is 1.04 bits per heavy atom. The van der Waals surface area contributed by atoms with E-state index < -0.39 is 10.0 Å². The number of aromatic nitrogens is 1. The maximum Gasteiger partial charge on any atom is 0.241 e. The SMILES string of the molecule is Cc1cc(C)c(C)c(S(=O)(=O)NC2CCC(Oc3ccc(Cl)cn3)CC2)c1C. The number of aryl methyl sites for hydroxylation is 2. The van der Waals surface area contributed by atoms with E-state index in [1.165, 1.54) is 0 Å². The van der Waals surface area contributed by atoms with Crippen LogP contribution in [0.3, 0.4) is 0 Å². The minimum absolute atomic E-state index is 0.0408. The van der Waals surface area contributed by atoms with Crippen molar-refractivity contribution in [3.63, 3.8) is 0 Å². The van der Waals surface area contributed by atoms with Gasteiger partial charge in [-0.1, -0.05) is 17.7 Å². The Balaban J connectivity index is 1.65. The maximum atomic E-state index is 13.1. The van der Waals surface area contributed by atoms with Gasteiger partial charge in [0.2, 0.25) is 15.9 Å². The standard InChI is InChI=1S/C21H27ClN2O3S/c1-13-11-14(2)16(4)21(15(13)3)28(25,26)24-18-6-8-19(9-7-18)27-20-10-5-17(22)12-23-20/h5,10-12,18-19,24H,6-9H2,1-4H3. The van der Waals surface area contributed by atoms with Gasteiger partial charge in [-0.15, -0.1) is 0 Å². The lowest BCUT2D eigenvalue weighted by molar-refractivity contribution is 0.138. The van der Waals surface area contributed by atoms with E-state index in [1.807, 2.05) is 33.8 Å². The normalized spacial score (nSPS) is 20.2. The molecule has 1 saturated carbocycles. The lowest BCUT2D eigenvalue weighted by atomic mass is 9.94. The molecular weight excluding hydrogens is 396 g/mol. The Labute approximate surface area is 172 Å². The summed E-state index contributed by atoms with van der Waals surface area (Å²) in [6.45, 7) is 7.66. The van der Waals surface area contributed by atoms with Crippen molar-refractivity contribution in [3.8, 4) is 5.88 Å². The van der Waals surface area contributed by atoms with E-state index in [-0.39, 0.29) is 12.1 Å². The highest BCUT2D eigenvalue weighted by molar-refractivity contribution is 7.89. The highest BCUT2D eigenvalue weighted by atomic mass is 35.5. The van der Waals surface area contributed by atoms with Gasteiger partial charge in [0.05, 0.1) is 9.92 Å². The van der Waals surface area contributed by atoms with E-state index in [2.05, 4.69) is 9.71 Å². The molecule has 0 spiro atoms. The Morgan fingerprint density at radius 3 is 2.18 bits per heavy atom. The van der Waals surface area contributed by atoms with Crippen LogP contribution in [0.4, 0.5) is 0 Å². The molecule has 0 unspecified atom stereocenters. The monoisotopic (exact) mass is 422 g/mol. The second kappa shape index (κ2) is 8.39. The molecule has 1 aromatic heterocycles. The molecule has 5 nitrogen and oxygen atoms in total. The minimum atomic E-state index is -3.57. The molecule has 28 heavy (non-hydrogen) atoms. The second-order valence-corrected chi connectivity index (χ2v) is 9.70. The summed E-state index contributed by atoms with van der Waals surface area (Å²) in [5, 5.41) is 0.572. The average Bonchev–Trinajstić information content (AvgIpc) is 2.63. The van der Waals surface area contributed by atoms with Crippen molar-refractivity contribution in [2.45, 2.75) is 70.4 Å². The number of pyridine rings is 1. The number of halogens is 1. The summed E-state index contributed by atoms with van der Waals surface area (Å²) in [5.74, 6) is 0.551. The minimum Gasteiger partial charge on any atom is -0.474 e. The molecule has 0 saturated heterocycles. The van der Waals surface area contributed by atoms with Crippen LogP contribution in [0.5, 0.6) is 5.88 Å². The zero-order valence-electron chi connectivity index (χ0n) is 16.8. The van der Waals surface area contributed by atoms with Gasteiger partial charge in [0.15, 0.2) is 0 Å². The first kappa shape index (κ1) is 21.1. The lowest BCUT2D eigenvalue weighted by Crippen LogP contribution is -2.40. The zero-order chi connectivity index (χ0) is 20.5. The largest absolute Gasteiger partial charge is 0.474 e. The molecule has 0 amide bonds. The predicted molar refractivity (Wildman–Crippen MR) is 112 cm³/mol.